The van der Waals surface area contributed by atoms with Gasteiger partial charge in [0.2, 0.25) is 0 Å². The van der Waals surface area contributed by atoms with E-state index in [2.05, 4.69) is 47.5 Å². The lowest BCUT2D eigenvalue weighted by atomic mass is 9.95. The van der Waals surface area contributed by atoms with Gasteiger partial charge in [0.15, 0.2) is 0 Å². The lowest BCUT2D eigenvalue weighted by Gasteiger charge is -2.26. The first kappa shape index (κ1) is 24.6. The van der Waals surface area contributed by atoms with Gasteiger partial charge in [-0.15, -0.1) is 6.42 Å². The number of terminal acetylenes is 1. The SMILES string of the molecule is C#CC(C)(CC(C)C)OCCO.CC(C)CC(C)(C)OCCO. The number of aliphatic hydroxyl groups is 2. The second kappa shape index (κ2) is 12.8. The Morgan fingerprint density at radius 3 is 1.65 bits per heavy atom. The molecule has 0 fully saturated rings. The van der Waals surface area contributed by atoms with Gasteiger partial charge in [0.1, 0.15) is 5.60 Å². The lowest BCUT2D eigenvalue weighted by Crippen LogP contribution is -2.29. The second-order valence-electron chi connectivity index (χ2n) is 7.47. The van der Waals surface area contributed by atoms with Crippen molar-refractivity contribution in [1.82, 2.24) is 0 Å². The fraction of sp³-hybridized carbons (Fsp3) is 0.895. The van der Waals surface area contributed by atoms with Gasteiger partial charge in [-0.05, 0) is 45.4 Å². The molecule has 0 heterocycles. The molecule has 2 N–H and O–H groups in total. The lowest BCUT2D eigenvalue weighted by molar-refractivity contribution is -0.0449. The van der Waals surface area contributed by atoms with E-state index in [9.17, 15) is 0 Å². The fourth-order valence-corrected chi connectivity index (χ4v) is 2.57. The van der Waals surface area contributed by atoms with E-state index in [1.807, 2.05) is 6.92 Å². The van der Waals surface area contributed by atoms with Crippen molar-refractivity contribution >= 4 is 0 Å². The molecule has 0 saturated carbocycles. The van der Waals surface area contributed by atoms with Gasteiger partial charge in [-0.25, -0.2) is 0 Å². The molecule has 0 aromatic heterocycles. The van der Waals surface area contributed by atoms with Crippen molar-refractivity contribution in [3.63, 3.8) is 0 Å². The molecule has 1 unspecified atom stereocenters. The Morgan fingerprint density at radius 2 is 1.30 bits per heavy atom. The van der Waals surface area contributed by atoms with Crippen LogP contribution in [0.15, 0.2) is 0 Å². The zero-order valence-corrected chi connectivity index (χ0v) is 16.2. The summed E-state index contributed by atoms with van der Waals surface area (Å²) in [6.45, 7) is 15.4. The van der Waals surface area contributed by atoms with Crippen molar-refractivity contribution in [2.75, 3.05) is 26.4 Å². The van der Waals surface area contributed by atoms with Gasteiger partial charge in [-0.3, -0.25) is 0 Å². The predicted molar refractivity (Wildman–Crippen MR) is 96.3 cm³/mol. The number of rotatable bonds is 10. The summed E-state index contributed by atoms with van der Waals surface area (Å²) in [7, 11) is 0. The molecule has 0 aliphatic rings. The van der Waals surface area contributed by atoms with Crippen LogP contribution >= 0.6 is 0 Å². The van der Waals surface area contributed by atoms with Crippen LogP contribution < -0.4 is 0 Å². The van der Waals surface area contributed by atoms with Gasteiger partial charge in [-0.1, -0.05) is 33.6 Å². The van der Waals surface area contributed by atoms with Crippen LogP contribution in [-0.4, -0.2) is 47.8 Å². The van der Waals surface area contributed by atoms with Crippen molar-refractivity contribution in [3.8, 4) is 12.3 Å². The van der Waals surface area contributed by atoms with E-state index in [-0.39, 0.29) is 18.8 Å². The van der Waals surface area contributed by atoms with Crippen LogP contribution in [0.5, 0.6) is 0 Å². The molecular weight excluding hydrogens is 292 g/mol. The molecule has 4 nitrogen and oxygen atoms in total. The average molecular weight is 331 g/mol. The highest BCUT2D eigenvalue weighted by atomic mass is 16.5. The minimum absolute atomic E-state index is 0.0232. The van der Waals surface area contributed by atoms with E-state index in [1.54, 1.807) is 0 Å². The summed E-state index contributed by atoms with van der Waals surface area (Å²) in [6.07, 6.45) is 7.20. The molecule has 0 saturated heterocycles. The minimum atomic E-state index is -0.517. The first-order chi connectivity index (χ1) is 10.5. The zero-order valence-electron chi connectivity index (χ0n) is 16.2. The maximum absolute atomic E-state index is 8.57. The molecular formula is C19H38O4. The third kappa shape index (κ3) is 16.1. The molecule has 138 valence electrons. The quantitative estimate of drug-likeness (QED) is 0.604. The molecule has 0 amide bonds. The number of hydrogen-bond donors (Lipinski definition) is 2. The van der Waals surface area contributed by atoms with E-state index < -0.39 is 5.60 Å². The van der Waals surface area contributed by atoms with Gasteiger partial charge in [0.05, 0.1) is 32.0 Å². The Labute approximate surface area is 143 Å². The smallest absolute Gasteiger partial charge is 0.125 e. The van der Waals surface area contributed by atoms with Crippen LogP contribution in [0.3, 0.4) is 0 Å². The Balaban J connectivity index is 0. The summed E-state index contributed by atoms with van der Waals surface area (Å²) in [5, 5.41) is 17.1. The molecule has 1 atom stereocenters. The van der Waals surface area contributed by atoms with Crippen molar-refractivity contribution < 1.29 is 19.7 Å². The van der Waals surface area contributed by atoms with E-state index in [1.165, 1.54) is 0 Å². The molecule has 0 aromatic rings. The van der Waals surface area contributed by atoms with Gasteiger partial charge in [0.25, 0.3) is 0 Å². The number of aliphatic hydroxyl groups excluding tert-OH is 2. The van der Waals surface area contributed by atoms with E-state index in [0.29, 0.717) is 25.0 Å². The summed E-state index contributed by atoms with van der Waals surface area (Å²) in [4.78, 5) is 0. The van der Waals surface area contributed by atoms with Crippen LogP contribution in [-0.2, 0) is 9.47 Å². The molecule has 0 aliphatic heterocycles. The minimum Gasteiger partial charge on any atom is -0.394 e. The molecule has 0 spiro atoms. The number of ether oxygens (including phenoxy) is 2. The van der Waals surface area contributed by atoms with Gasteiger partial charge < -0.3 is 19.7 Å². The predicted octanol–water partition coefficient (Wildman–Crippen LogP) is 3.25. The molecule has 0 aromatic carbocycles. The van der Waals surface area contributed by atoms with E-state index in [0.717, 1.165) is 12.8 Å². The van der Waals surface area contributed by atoms with Crippen LogP contribution in [0.25, 0.3) is 0 Å². The molecule has 0 bridgehead atoms. The number of hydrogen-bond acceptors (Lipinski definition) is 4. The maximum Gasteiger partial charge on any atom is 0.125 e. The van der Waals surface area contributed by atoms with Gasteiger partial charge in [-0.2, -0.15) is 0 Å². The maximum atomic E-state index is 8.57. The molecule has 0 rings (SSSR count). The first-order valence-electron chi connectivity index (χ1n) is 8.49. The van der Waals surface area contributed by atoms with Crippen molar-refractivity contribution in [1.29, 1.82) is 0 Å². The van der Waals surface area contributed by atoms with Crippen LogP contribution in [0.1, 0.15) is 61.3 Å². The molecule has 0 radical (unpaired) electrons. The molecule has 0 aliphatic carbocycles. The Bertz CT molecular complexity index is 318. The zero-order chi connectivity index (χ0) is 18.5. The highest BCUT2D eigenvalue weighted by Crippen LogP contribution is 2.20. The van der Waals surface area contributed by atoms with Crippen molar-refractivity contribution in [2.45, 2.75) is 72.5 Å². The highest BCUT2D eigenvalue weighted by molar-refractivity contribution is 5.06. The molecule has 23 heavy (non-hydrogen) atoms. The summed E-state index contributed by atoms with van der Waals surface area (Å²) in [5.74, 6) is 3.76. The molecule has 4 heteroatoms. The average Bonchev–Trinajstić information content (AvgIpc) is 2.41. The Kier molecular flexibility index (Phi) is 13.7. The van der Waals surface area contributed by atoms with Crippen molar-refractivity contribution in [3.05, 3.63) is 0 Å². The third-order valence-electron chi connectivity index (χ3n) is 3.10. The van der Waals surface area contributed by atoms with Crippen LogP contribution in [0, 0.1) is 24.2 Å². The third-order valence-corrected chi connectivity index (χ3v) is 3.10. The topological polar surface area (TPSA) is 58.9 Å². The van der Waals surface area contributed by atoms with E-state index in [4.69, 9.17) is 26.1 Å². The largest absolute Gasteiger partial charge is 0.394 e. The second-order valence-corrected chi connectivity index (χ2v) is 7.47. The summed E-state index contributed by atoms with van der Waals surface area (Å²) >= 11 is 0. The summed E-state index contributed by atoms with van der Waals surface area (Å²) in [5.41, 5.74) is -0.603. The summed E-state index contributed by atoms with van der Waals surface area (Å²) < 4.78 is 10.8. The Morgan fingerprint density at radius 1 is 0.870 bits per heavy atom. The van der Waals surface area contributed by atoms with Crippen molar-refractivity contribution in [2.24, 2.45) is 11.8 Å². The van der Waals surface area contributed by atoms with E-state index >= 15 is 0 Å². The summed E-state index contributed by atoms with van der Waals surface area (Å²) in [6, 6.07) is 0. The highest BCUT2D eigenvalue weighted by Gasteiger charge is 2.22. The standard InChI is InChI=1S/C10H18O2.C9H20O2/c1-5-10(4,8-9(2)3)12-7-6-11;1-8(2)7-9(3,4)11-6-5-10/h1,9,11H,6-8H2,2-4H3;8,10H,5-7H2,1-4H3. The van der Waals surface area contributed by atoms with Gasteiger partial charge >= 0.3 is 0 Å². The fourth-order valence-electron chi connectivity index (χ4n) is 2.57. The Hall–Kier alpha value is -0.600. The van der Waals surface area contributed by atoms with Crippen LogP contribution in [0.4, 0.5) is 0 Å². The monoisotopic (exact) mass is 330 g/mol. The van der Waals surface area contributed by atoms with Gasteiger partial charge in [0, 0.05) is 0 Å². The van der Waals surface area contributed by atoms with Crippen LogP contribution in [0.2, 0.25) is 0 Å². The normalized spacial score (nSPS) is 14.2. The first-order valence-corrected chi connectivity index (χ1v) is 8.49.